The molecule has 1 aliphatic heterocycles. The Balaban J connectivity index is 1.69. The van der Waals surface area contributed by atoms with Crippen molar-refractivity contribution in [3.05, 3.63) is 34.2 Å². The number of carbonyl (C=O) groups excluding carboxylic acids is 1. The molecule has 2 heterocycles. The van der Waals surface area contributed by atoms with Gasteiger partial charge in [0, 0.05) is 17.2 Å². The zero-order chi connectivity index (χ0) is 13.1. The molecule has 3 rings (SSSR count). The number of hydrogen-bond acceptors (Lipinski definition) is 4. The van der Waals surface area contributed by atoms with Crippen molar-refractivity contribution in [2.75, 3.05) is 0 Å². The molecule has 0 radical (unpaired) electrons. The number of thiophene rings is 1. The van der Waals surface area contributed by atoms with E-state index in [1.807, 2.05) is 17.5 Å². The van der Waals surface area contributed by atoms with Crippen LogP contribution in [0.5, 0.6) is 0 Å². The van der Waals surface area contributed by atoms with E-state index < -0.39 is 0 Å². The van der Waals surface area contributed by atoms with Crippen molar-refractivity contribution < 1.29 is 9.53 Å². The van der Waals surface area contributed by atoms with Crippen LogP contribution in [0.2, 0.25) is 0 Å². The van der Waals surface area contributed by atoms with Gasteiger partial charge in [0.25, 0.3) is 0 Å². The Bertz CT molecular complexity index is 510. The second-order valence-electron chi connectivity index (χ2n) is 5.05. The number of hydrogen-bond donors (Lipinski definition) is 0. The molecule has 0 N–H and O–H groups in total. The standard InChI is InChI=1S/C15H17NO2S/c17-15-13(9-8-12-7-4-10-19-12)16-14(18-15)11-5-2-1-3-6-11/h4,7,9-11H,1-3,5-6,8H2/b13-9+. The average Bonchev–Trinajstić information content (AvgIpc) is 3.07. The van der Waals surface area contributed by atoms with E-state index in [4.69, 9.17) is 4.74 Å². The summed E-state index contributed by atoms with van der Waals surface area (Å²) in [6.07, 6.45) is 8.56. The maximum absolute atomic E-state index is 11.8. The maximum atomic E-state index is 11.8. The zero-order valence-electron chi connectivity index (χ0n) is 10.8. The number of ether oxygens (including phenoxy) is 1. The van der Waals surface area contributed by atoms with Crippen LogP contribution in [-0.2, 0) is 16.0 Å². The van der Waals surface area contributed by atoms with Crippen LogP contribution in [0.25, 0.3) is 0 Å². The second-order valence-corrected chi connectivity index (χ2v) is 6.08. The van der Waals surface area contributed by atoms with Crippen LogP contribution >= 0.6 is 11.3 Å². The summed E-state index contributed by atoms with van der Waals surface area (Å²) >= 11 is 1.69. The summed E-state index contributed by atoms with van der Waals surface area (Å²) in [5.41, 5.74) is 0.481. The summed E-state index contributed by atoms with van der Waals surface area (Å²) in [5, 5.41) is 2.04. The SMILES string of the molecule is O=C1OC(C2CCCCC2)=N/C1=C/Cc1cccs1. The van der Waals surface area contributed by atoms with Crippen molar-refractivity contribution in [1.29, 1.82) is 0 Å². The lowest BCUT2D eigenvalue weighted by molar-refractivity contribution is -0.130. The van der Waals surface area contributed by atoms with Crippen LogP contribution in [0.3, 0.4) is 0 Å². The normalized spacial score (nSPS) is 22.6. The summed E-state index contributed by atoms with van der Waals surface area (Å²) in [4.78, 5) is 17.4. The third kappa shape index (κ3) is 2.95. The van der Waals surface area contributed by atoms with Crippen molar-refractivity contribution >= 4 is 23.2 Å². The minimum absolute atomic E-state index is 0.280. The van der Waals surface area contributed by atoms with Crippen LogP contribution in [0.4, 0.5) is 0 Å². The molecule has 1 fully saturated rings. The van der Waals surface area contributed by atoms with Crippen molar-refractivity contribution in [2.24, 2.45) is 10.9 Å². The van der Waals surface area contributed by atoms with E-state index in [0.717, 1.165) is 19.3 Å². The fraction of sp³-hybridized carbons (Fsp3) is 0.467. The highest BCUT2D eigenvalue weighted by molar-refractivity contribution is 7.09. The Hall–Kier alpha value is -1.42. The minimum Gasteiger partial charge on any atom is -0.407 e. The monoisotopic (exact) mass is 275 g/mol. The summed E-state index contributed by atoms with van der Waals surface area (Å²) in [5.74, 6) is 0.726. The van der Waals surface area contributed by atoms with Crippen molar-refractivity contribution in [3.63, 3.8) is 0 Å². The van der Waals surface area contributed by atoms with E-state index in [9.17, 15) is 4.79 Å². The number of aliphatic imine (C=N–C) groups is 1. The van der Waals surface area contributed by atoms with Crippen molar-refractivity contribution in [3.8, 4) is 0 Å². The Morgan fingerprint density at radius 3 is 2.95 bits per heavy atom. The minimum atomic E-state index is -0.280. The first-order valence-corrected chi connectivity index (χ1v) is 7.74. The number of nitrogens with zero attached hydrogens (tertiary/aromatic N) is 1. The van der Waals surface area contributed by atoms with Crippen LogP contribution in [0.1, 0.15) is 37.0 Å². The summed E-state index contributed by atoms with van der Waals surface area (Å²) in [6, 6.07) is 4.08. The van der Waals surface area contributed by atoms with Gasteiger partial charge in [-0.1, -0.05) is 25.3 Å². The molecular weight excluding hydrogens is 258 g/mol. The summed E-state index contributed by atoms with van der Waals surface area (Å²) < 4.78 is 5.33. The number of cyclic esters (lactones) is 1. The fourth-order valence-electron chi connectivity index (χ4n) is 2.61. The molecule has 1 aromatic heterocycles. The third-order valence-electron chi connectivity index (χ3n) is 3.67. The molecule has 1 aliphatic carbocycles. The summed E-state index contributed by atoms with van der Waals surface area (Å²) in [7, 11) is 0. The van der Waals surface area contributed by atoms with Crippen LogP contribution in [-0.4, -0.2) is 11.9 Å². The van der Waals surface area contributed by atoms with Crippen molar-refractivity contribution in [2.45, 2.75) is 38.5 Å². The lowest BCUT2D eigenvalue weighted by atomic mass is 9.89. The first-order valence-electron chi connectivity index (χ1n) is 6.86. The Morgan fingerprint density at radius 2 is 2.21 bits per heavy atom. The highest BCUT2D eigenvalue weighted by Gasteiger charge is 2.29. The lowest BCUT2D eigenvalue weighted by Gasteiger charge is -2.19. The molecule has 0 aromatic carbocycles. The predicted molar refractivity (Wildman–Crippen MR) is 76.2 cm³/mol. The topological polar surface area (TPSA) is 38.7 Å². The molecule has 3 nitrogen and oxygen atoms in total. The molecule has 0 saturated heterocycles. The Morgan fingerprint density at radius 1 is 1.37 bits per heavy atom. The first-order chi connectivity index (χ1) is 9.33. The van der Waals surface area contributed by atoms with E-state index in [0.29, 0.717) is 17.5 Å². The number of carbonyl (C=O) groups is 1. The largest absolute Gasteiger partial charge is 0.407 e. The third-order valence-corrected chi connectivity index (χ3v) is 4.57. The maximum Gasteiger partial charge on any atom is 0.363 e. The highest BCUT2D eigenvalue weighted by atomic mass is 32.1. The van der Waals surface area contributed by atoms with E-state index in [2.05, 4.69) is 11.1 Å². The van der Waals surface area contributed by atoms with E-state index in [1.165, 1.54) is 24.1 Å². The van der Waals surface area contributed by atoms with Crippen LogP contribution in [0, 0.1) is 5.92 Å². The van der Waals surface area contributed by atoms with E-state index in [-0.39, 0.29) is 5.97 Å². The molecule has 1 saturated carbocycles. The van der Waals surface area contributed by atoms with Gasteiger partial charge >= 0.3 is 5.97 Å². The molecule has 2 aliphatic rings. The van der Waals surface area contributed by atoms with Gasteiger partial charge in [-0.05, 0) is 30.4 Å². The number of esters is 1. The van der Waals surface area contributed by atoms with Gasteiger partial charge in [0.05, 0.1) is 0 Å². The molecule has 0 bridgehead atoms. The van der Waals surface area contributed by atoms with Gasteiger partial charge in [0.2, 0.25) is 5.90 Å². The van der Waals surface area contributed by atoms with Gasteiger partial charge in [0.15, 0.2) is 0 Å². The van der Waals surface area contributed by atoms with Gasteiger partial charge in [0.1, 0.15) is 5.70 Å². The molecule has 0 unspecified atom stereocenters. The molecule has 0 spiro atoms. The van der Waals surface area contributed by atoms with Gasteiger partial charge in [-0.3, -0.25) is 0 Å². The Labute approximate surface area is 117 Å². The van der Waals surface area contributed by atoms with Gasteiger partial charge in [-0.25, -0.2) is 9.79 Å². The van der Waals surface area contributed by atoms with E-state index in [1.54, 1.807) is 11.3 Å². The second kappa shape index (κ2) is 5.70. The fourth-order valence-corrected chi connectivity index (χ4v) is 3.28. The highest BCUT2D eigenvalue weighted by Crippen LogP contribution is 2.28. The van der Waals surface area contributed by atoms with Gasteiger partial charge < -0.3 is 4.74 Å². The predicted octanol–water partition coefficient (Wildman–Crippen LogP) is 3.71. The molecule has 100 valence electrons. The van der Waals surface area contributed by atoms with Gasteiger partial charge in [-0.2, -0.15) is 0 Å². The van der Waals surface area contributed by atoms with E-state index >= 15 is 0 Å². The van der Waals surface area contributed by atoms with Gasteiger partial charge in [-0.15, -0.1) is 11.3 Å². The van der Waals surface area contributed by atoms with Crippen LogP contribution < -0.4 is 0 Å². The molecular formula is C15H17NO2S. The molecule has 19 heavy (non-hydrogen) atoms. The average molecular weight is 275 g/mol. The lowest BCUT2D eigenvalue weighted by Crippen LogP contribution is -2.19. The summed E-state index contributed by atoms with van der Waals surface area (Å²) in [6.45, 7) is 0. The zero-order valence-corrected chi connectivity index (χ0v) is 11.6. The molecule has 0 amide bonds. The Kier molecular flexibility index (Phi) is 3.78. The number of rotatable bonds is 3. The van der Waals surface area contributed by atoms with Crippen molar-refractivity contribution in [1.82, 2.24) is 0 Å². The molecule has 1 aromatic rings. The number of allylic oxidation sites excluding steroid dienone is 1. The molecule has 4 heteroatoms. The van der Waals surface area contributed by atoms with Crippen LogP contribution in [0.15, 0.2) is 34.3 Å². The smallest absolute Gasteiger partial charge is 0.363 e. The first kappa shape index (κ1) is 12.6. The quantitative estimate of drug-likeness (QED) is 0.623. The molecule has 0 atom stereocenters.